The van der Waals surface area contributed by atoms with Gasteiger partial charge in [0.2, 0.25) is 0 Å². The first-order chi connectivity index (χ1) is 7.29. The maximum atomic E-state index is 6.19. The van der Waals surface area contributed by atoms with Crippen LogP contribution in [0.1, 0.15) is 32.6 Å². The van der Waals surface area contributed by atoms with Gasteiger partial charge in [0.05, 0.1) is 24.4 Å². The topological polar surface area (TPSA) is 18.5 Å². The van der Waals surface area contributed by atoms with Gasteiger partial charge in [-0.1, -0.05) is 0 Å². The zero-order valence-corrected chi connectivity index (χ0v) is 9.95. The molecule has 2 bridgehead atoms. The average Bonchev–Trinajstić information content (AvgIpc) is 2.80. The SMILES string of the molecule is CC1OC2C3CCC(C3)C2OC1CCCl. The molecule has 0 spiro atoms. The Hall–Kier alpha value is 0.210. The van der Waals surface area contributed by atoms with Crippen LogP contribution in [0.4, 0.5) is 0 Å². The van der Waals surface area contributed by atoms with E-state index in [4.69, 9.17) is 21.1 Å². The summed E-state index contributed by atoms with van der Waals surface area (Å²) in [6.07, 6.45) is 6.17. The van der Waals surface area contributed by atoms with Crippen LogP contribution < -0.4 is 0 Å². The van der Waals surface area contributed by atoms with Gasteiger partial charge in [-0.15, -0.1) is 11.6 Å². The summed E-state index contributed by atoms with van der Waals surface area (Å²) in [6.45, 7) is 2.12. The molecule has 0 aromatic heterocycles. The van der Waals surface area contributed by atoms with Gasteiger partial charge in [-0.25, -0.2) is 0 Å². The highest BCUT2D eigenvalue weighted by Gasteiger charge is 2.53. The fourth-order valence-corrected chi connectivity index (χ4v) is 3.84. The van der Waals surface area contributed by atoms with Gasteiger partial charge >= 0.3 is 0 Å². The third-order valence-corrected chi connectivity index (χ3v) is 4.61. The number of ether oxygens (including phenoxy) is 2. The molecular weight excluding hydrogens is 212 g/mol. The number of alkyl halides is 1. The van der Waals surface area contributed by atoms with Crippen molar-refractivity contribution in [1.82, 2.24) is 0 Å². The molecule has 1 heterocycles. The largest absolute Gasteiger partial charge is 0.370 e. The van der Waals surface area contributed by atoms with E-state index in [1.165, 1.54) is 19.3 Å². The number of rotatable bonds is 2. The second kappa shape index (κ2) is 3.90. The lowest BCUT2D eigenvalue weighted by atomic mass is 9.92. The van der Waals surface area contributed by atoms with Crippen LogP contribution in [0.5, 0.6) is 0 Å². The maximum absolute atomic E-state index is 6.19. The Kier molecular flexibility index (Phi) is 2.70. The van der Waals surface area contributed by atoms with Gasteiger partial charge < -0.3 is 9.47 Å². The number of hydrogen-bond acceptors (Lipinski definition) is 2. The van der Waals surface area contributed by atoms with E-state index in [1.807, 2.05) is 0 Å². The average molecular weight is 231 g/mol. The van der Waals surface area contributed by atoms with Crippen molar-refractivity contribution in [3.05, 3.63) is 0 Å². The predicted molar refractivity (Wildman–Crippen MR) is 59.2 cm³/mol. The number of hydrogen-bond donors (Lipinski definition) is 0. The molecule has 0 amide bonds. The summed E-state index contributed by atoms with van der Waals surface area (Å²) in [5, 5.41) is 0. The van der Waals surface area contributed by atoms with E-state index in [2.05, 4.69) is 6.92 Å². The van der Waals surface area contributed by atoms with Crippen LogP contribution in [0.15, 0.2) is 0 Å². The molecule has 86 valence electrons. The van der Waals surface area contributed by atoms with Crippen molar-refractivity contribution < 1.29 is 9.47 Å². The van der Waals surface area contributed by atoms with Crippen molar-refractivity contribution in [3.8, 4) is 0 Å². The molecule has 0 radical (unpaired) electrons. The summed E-state index contributed by atoms with van der Waals surface area (Å²) in [7, 11) is 0. The number of fused-ring (bicyclic) bond motifs is 5. The Morgan fingerprint density at radius 2 is 1.80 bits per heavy atom. The van der Waals surface area contributed by atoms with E-state index in [0.717, 1.165) is 18.3 Å². The fraction of sp³-hybridized carbons (Fsp3) is 1.00. The van der Waals surface area contributed by atoms with E-state index >= 15 is 0 Å². The molecular formula is C12H19ClO2. The maximum Gasteiger partial charge on any atom is 0.0872 e. The van der Waals surface area contributed by atoms with Gasteiger partial charge in [0, 0.05) is 5.88 Å². The van der Waals surface area contributed by atoms with Gasteiger partial charge in [0.1, 0.15) is 0 Å². The third kappa shape index (κ3) is 1.62. The monoisotopic (exact) mass is 230 g/mol. The molecule has 1 saturated heterocycles. The smallest absolute Gasteiger partial charge is 0.0872 e. The predicted octanol–water partition coefficient (Wildman–Crippen LogP) is 2.59. The second-order valence-corrected chi connectivity index (χ2v) is 5.63. The molecule has 0 N–H and O–H groups in total. The van der Waals surface area contributed by atoms with Crippen molar-refractivity contribution in [2.45, 2.75) is 57.0 Å². The zero-order chi connectivity index (χ0) is 10.4. The Morgan fingerprint density at radius 1 is 1.13 bits per heavy atom. The first-order valence-electron chi connectivity index (χ1n) is 6.16. The molecule has 6 unspecified atom stereocenters. The molecule has 2 nitrogen and oxygen atoms in total. The lowest BCUT2D eigenvalue weighted by Crippen LogP contribution is -2.50. The summed E-state index contributed by atoms with van der Waals surface area (Å²) >= 11 is 5.79. The molecule has 3 heteroatoms. The lowest BCUT2D eigenvalue weighted by Gasteiger charge is -2.42. The van der Waals surface area contributed by atoms with Crippen LogP contribution in [0.25, 0.3) is 0 Å². The molecule has 2 aliphatic carbocycles. The van der Waals surface area contributed by atoms with Gasteiger partial charge in [0.25, 0.3) is 0 Å². The Morgan fingerprint density at radius 3 is 2.47 bits per heavy atom. The minimum Gasteiger partial charge on any atom is -0.370 e. The molecule has 1 aliphatic heterocycles. The number of halogens is 1. The lowest BCUT2D eigenvalue weighted by molar-refractivity contribution is -0.228. The van der Waals surface area contributed by atoms with Crippen molar-refractivity contribution in [3.63, 3.8) is 0 Å². The van der Waals surface area contributed by atoms with Crippen LogP contribution in [-0.4, -0.2) is 30.3 Å². The summed E-state index contributed by atoms with van der Waals surface area (Å²) in [4.78, 5) is 0. The van der Waals surface area contributed by atoms with Crippen molar-refractivity contribution in [1.29, 1.82) is 0 Å². The Labute approximate surface area is 96.3 Å². The first-order valence-corrected chi connectivity index (χ1v) is 6.70. The molecule has 2 saturated carbocycles. The highest BCUT2D eigenvalue weighted by Crippen LogP contribution is 2.50. The van der Waals surface area contributed by atoms with Crippen molar-refractivity contribution in [2.24, 2.45) is 11.8 Å². The quantitative estimate of drug-likeness (QED) is 0.679. The summed E-state index contributed by atoms with van der Waals surface area (Å²) in [5.74, 6) is 2.22. The van der Waals surface area contributed by atoms with E-state index in [-0.39, 0.29) is 12.2 Å². The minimum absolute atomic E-state index is 0.225. The van der Waals surface area contributed by atoms with Crippen LogP contribution in [0.3, 0.4) is 0 Å². The molecule has 3 aliphatic rings. The molecule has 3 rings (SSSR count). The first kappa shape index (κ1) is 10.4. The molecule has 0 aromatic rings. The highest BCUT2D eigenvalue weighted by atomic mass is 35.5. The summed E-state index contributed by atoms with van der Waals surface area (Å²) in [5.41, 5.74) is 0. The van der Waals surface area contributed by atoms with E-state index < -0.39 is 0 Å². The zero-order valence-electron chi connectivity index (χ0n) is 9.19. The van der Waals surface area contributed by atoms with E-state index in [9.17, 15) is 0 Å². The molecule has 15 heavy (non-hydrogen) atoms. The molecule has 3 fully saturated rings. The van der Waals surface area contributed by atoms with Crippen LogP contribution in [0, 0.1) is 11.8 Å². The highest BCUT2D eigenvalue weighted by molar-refractivity contribution is 6.17. The standard InChI is InChI=1S/C12H19ClO2/c1-7-10(4-5-13)15-12-9-3-2-8(6-9)11(12)14-7/h7-12H,2-6H2,1H3. The summed E-state index contributed by atoms with van der Waals surface area (Å²) in [6, 6.07) is 0. The van der Waals surface area contributed by atoms with Crippen LogP contribution in [-0.2, 0) is 9.47 Å². The van der Waals surface area contributed by atoms with Crippen LogP contribution in [0.2, 0.25) is 0 Å². The van der Waals surface area contributed by atoms with Crippen molar-refractivity contribution >= 4 is 11.6 Å². The summed E-state index contributed by atoms with van der Waals surface area (Å²) < 4.78 is 12.3. The molecule has 6 atom stereocenters. The molecule has 0 aromatic carbocycles. The van der Waals surface area contributed by atoms with E-state index in [0.29, 0.717) is 18.1 Å². The van der Waals surface area contributed by atoms with Crippen LogP contribution >= 0.6 is 11.6 Å². The fourth-order valence-electron chi connectivity index (χ4n) is 3.62. The van der Waals surface area contributed by atoms with Gasteiger partial charge in [-0.3, -0.25) is 0 Å². The van der Waals surface area contributed by atoms with E-state index in [1.54, 1.807) is 0 Å². The van der Waals surface area contributed by atoms with Crippen molar-refractivity contribution in [2.75, 3.05) is 5.88 Å². The minimum atomic E-state index is 0.225. The van der Waals surface area contributed by atoms with Gasteiger partial charge in [-0.05, 0) is 44.4 Å². The Balaban J connectivity index is 1.71. The van der Waals surface area contributed by atoms with Gasteiger partial charge in [0.15, 0.2) is 0 Å². The van der Waals surface area contributed by atoms with Gasteiger partial charge in [-0.2, -0.15) is 0 Å². The third-order valence-electron chi connectivity index (χ3n) is 4.39. The Bertz CT molecular complexity index is 246. The second-order valence-electron chi connectivity index (χ2n) is 5.26. The normalized spacial score (nSPS) is 53.2.